The van der Waals surface area contributed by atoms with Gasteiger partial charge in [-0.2, -0.15) is 0 Å². The summed E-state index contributed by atoms with van der Waals surface area (Å²) in [5, 5.41) is 3.46. The molecule has 0 radical (unpaired) electrons. The van der Waals surface area contributed by atoms with Crippen molar-refractivity contribution in [3.05, 3.63) is 24.0 Å². The summed E-state index contributed by atoms with van der Waals surface area (Å²) >= 11 is 0. The summed E-state index contributed by atoms with van der Waals surface area (Å²) in [5.41, 5.74) is 1.28. The van der Waals surface area contributed by atoms with E-state index in [0.717, 1.165) is 31.5 Å². The third kappa shape index (κ3) is 4.40. The lowest BCUT2D eigenvalue weighted by Gasteiger charge is -2.33. The van der Waals surface area contributed by atoms with Crippen LogP contribution >= 0.6 is 24.0 Å². The molecule has 0 spiro atoms. The van der Waals surface area contributed by atoms with E-state index in [1.54, 1.807) is 0 Å². The van der Waals surface area contributed by atoms with E-state index in [2.05, 4.69) is 52.1 Å². The lowest BCUT2D eigenvalue weighted by atomic mass is 10.0. The number of nitrogens with one attached hydrogen (secondary N) is 1. The van der Waals surface area contributed by atoms with Gasteiger partial charge in [0.25, 0.3) is 0 Å². The zero-order valence-electron chi connectivity index (χ0n) is 12.1. The van der Waals surface area contributed by atoms with E-state index in [4.69, 9.17) is 0 Å². The second kappa shape index (κ2) is 7.77. The largest absolute Gasteiger partial charge is 0.353 e. The van der Waals surface area contributed by atoms with Gasteiger partial charge in [0.2, 0.25) is 0 Å². The third-order valence-electron chi connectivity index (χ3n) is 3.65. The number of aryl methyl sites for hydroxylation is 1. The second-order valence-corrected chi connectivity index (χ2v) is 5.20. The number of guanidine groups is 1. The maximum absolute atomic E-state index is 4.40. The van der Waals surface area contributed by atoms with Gasteiger partial charge in [0.15, 0.2) is 5.96 Å². The minimum Gasteiger partial charge on any atom is -0.353 e. The molecule has 2 rings (SSSR count). The fraction of sp³-hybridized carbons (Fsp3) is 0.643. The van der Waals surface area contributed by atoms with Crippen LogP contribution < -0.4 is 5.32 Å². The Labute approximate surface area is 133 Å². The number of likely N-dealkylation sites (tertiary alicyclic amines) is 1. The third-order valence-corrected chi connectivity index (χ3v) is 3.65. The van der Waals surface area contributed by atoms with Gasteiger partial charge in [-0.1, -0.05) is 6.92 Å². The lowest BCUT2D eigenvalue weighted by Crippen LogP contribution is -2.46. The molecule has 1 N–H and O–H groups in total. The SMILES string of the molecule is CN=C(NCc1cccn1C)N1CCCC(C)C1.I. The van der Waals surface area contributed by atoms with E-state index in [1.807, 2.05) is 7.05 Å². The molecule has 1 unspecified atom stereocenters. The van der Waals surface area contributed by atoms with Crippen molar-refractivity contribution in [1.29, 1.82) is 0 Å². The van der Waals surface area contributed by atoms with Crippen LogP contribution in [0.2, 0.25) is 0 Å². The highest BCUT2D eigenvalue weighted by molar-refractivity contribution is 14.0. The second-order valence-electron chi connectivity index (χ2n) is 5.20. The molecule has 0 aromatic carbocycles. The average Bonchev–Trinajstić information content (AvgIpc) is 2.76. The van der Waals surface area contributed by atoms with E-state index >= 15 is 0 Å². The first-order valence-corrected chi connectivity index (χ1v) is 6.76. The molecule has 4 nitrogen and oxygen atoms in total. The Morgan fingerprint density at radius 2 is 2.32 bits per heavy atom. The monoisotopic (exact) mass is 376 g/mol. The van der Waals surface area contributed by atoms with Crippen LogP contribution in [0.15, 0.2) is 23.3 Å². The van der Waals surface area contributed by atoms with Crippen molar-refractivity contribution in [2.75, 3.05) is 20.1 Å². The molecule has 108 valence electrons. The summed E-state index contributed by atoms with van der Waals surface area (Å²) in [6.07, 6.45) is 4.68. The van der Waals surface area contributed by atoms with Crippen LogP contribution in [0.5, 0.6) is 0 Å². The first-order valence-electron chi connectivity index (χ1n) is 6.76. The molecule has 5 heteroatoms. The van der Waals surface area contributed by atoms with Gasteiger partial charge in [-0.3, -0.25) is 4.99 Å². The summed E-state index contributed by atoms with van der Waals surface area (Å²) < 4.78 is 2.14. The summed E-state index contributed by atoms with van der Waals surface area (Å²) in [7, 11) is 3.94. The highest BCUT2D eigenvalue weighted by Crippen LogP contribution is 2.15. The van der Waals surface area contributed by atoms with E-state index in [0.29, 0.717) is 0 Å². The van der Waals surface area contributed by atoms with Crippen molar-refractivity contribution in [2.24, 2.45) is 18.0 Å². The smallest absolute Gasteiger partial charge is 0.193 e. The number of aliphatic imine (C=N–C) groups is 1. The predicted octanol–water partition coefficient (Wildman–Crippen LogP) is 2.45. The lowest BCUT2D eigenvalue weighted by molar-refractivity contribution is 0.266. The highest BCUT2D eigenvalue weighted by atomic mass is 127. The number of rotatable bonds is 2. The van der Waals surface area contributed by atoms with Crippen LogP contribution in [0, 0.1) is 5.92 Å². The minimum atomic E-state index is 0. The van der Waals surface area contributed by atoms with E-state index in [9.17, 15) is 0 Å². The molecule has 0 saturated carbocycles. The Morgan fingerprint density at radius 3 is 2.89 bits per heavy atom. The van der Waals surface area contributed by atoms with Gasteiger partial charge in [-0.25, -0.2) is 0 Å². The van der Waals surface area contributed by atoms with Crippen LogP contribution in [0.4, 0.5) is 0 Å². The van der Waals surface area contributed by atoms with E-state index in [1.165, 1.54) is 18.5 Å². The Morgan fingerprint density at radius 1 is 1.53 bits per heavy atom. The maximum atomic E-state index is 4.40. The first kappa shape index (κ1) is 16.3. The first-order chi connectivity index (χ1) is 8.70. The Hall–Kier alpha value is -0.720. The number of hydrogen-bond donors (Lipinski definition) is 1. The average molecular weight is 376 g/mol. The van der Waals surface area contributed by atoms with E-state index in [-0.39, 0.29) is 24.0 Å². The minimum absolute atomic E-state index is 0. The number of nitrogens with zero attached hydrogens (tertiary/aromatic N) is 3. The van der Waals surface area contributed by atoms with Gasteiger partial charge in [-0.15, -0.1) is 24.0 Å². The molecule has 0 bridgehead atoms. The van der Waals surface area contributed by atoms with Crippen LogP contribution in [-0.4, -0.2) is 35.6 Å². The summed E-state index contributed by atoms with van der Waals surface area (Å²) in [4.78, 5) is 6.77. The Balaban J connectivity index is 0.00000180. The Bertz CT molecular complexity index is 413. The van der Waals surface area contributed by atoms with Gasteiger partial charge in [-0.05, 0) is 30.9 Å². The number of hydrogen-bond acceptors (Lipinski definition) is 1. The number of piperidine rings is 1. The van der Waals surface area contributed by atoms with Crippen molar-refractivity contribution >= 4 is 29.9 Å². The predicted molar refractivity (Wildman–Crippen MR) is 91.0 cm³/mol. The quantitative estimate of drug-likeness (QED) is 0.489. The van der Waals surface area contributed by atoms with Crippen molar-refractivity contribution in [3.8, 4) is 0 Å². The molecule has 1 aliphatic rings. The standard InChI is InChI=1S/C14H24N4.HI/c1-12-6-4-9-18(11-12)14(15-2)16-10-13-7-5-8-17(13)3;/h5,7-8,12H,4,6,9-11H2,1-3H3,(H,15,16);1H. The van der Waals surface area contributed by atoms with Gasteiger partial charge < -0.3 is 14.8 Å². The summed E-state index contributed by atoms with van der Waals surface area (Å²) in [6.45, 7) is 5.39. The molecule has 1 aromatic heterocycles. The topological polar surface area (TPSA) is 32.6 Å². The fourth-order valence-corrected chi connectivity index (χ4v) is 2.56. The molecule has 1 aliphatic heterocycles. The van der Waals surface area contributed by atoms with Gasteiger partial charge >= 0.3 is 0 Å². The molecule has 1 aromatic rings. The highest BCUT2D eigenvalue weighted by Gasteiger charge is 2.18. The molecule has 0 aliphatic carbocycles. The summed E-state index contributed by atoms with van der Waals surface area (Å²) in [6, 6.07) is 4.21. The van der Waals surface area contributed by atoms with Crippen LogP contribution in [0.25, 0.3) is 0 Å². The maximum Gasteiger partial charge on any atom is 0.193 e. The van der Waals surface area contributed by atoms with Crippen molar-refractivity contribution in [1.82, 2.24) is 14.8 Å². The van der Waals surface area contributed by atoms with E-state index < -0.39 is 0 Å². The molecule has 19 heavy (non-hydrogen) atoms. The van der Waals surface area contributed by atoms with Gasteiger partial charge in [0.05, 0.1) is 6.54 Å². The van der Waals surface area contributed by atoms with Crippen LogP contribution in [0.1, 0.15) is 25.5 Å². The Kier molecular flexibility index (Phi) is 6.68. The molecule has 0 amide bonds. The van der Waals surface area contributed by atoms with Crippen molar-refractivity contribution in [3.63, 3.8) is 0 Å². The van der Waals surface area contributed by atoms with Crippen LogP contribution in [-0.2, 0) is 13.6 Å². The van der Waals surface area contributed by atoms with Crippen molar-refractivity contribution < 1.29 is 0 Å². The number of halogens is 1. The van der Waals surface area contributed by atoms with Crippen LogP contribution in [0.3, 0.4) is 0 Å². The molecular formula is C14H25IN4. The van der Waals surface area contributed by atoms with Gasteiger partial charge in [0, 0.05) is 39.1 Å². The molecular weight excluding hydrogens is 351 g/mol. The van der Waals surface area contributed by atoms with Crippen molar-refractivity contribution in [2.45, 2.75) is 26.3 Å². The summed E-state index contributed by atoms with van der Waals surface area (Å²) in [5.74, 6) is 1.80. The molecule has 1 saturated heterocycles. The normalized spacial score (nSPS) is 20.1. The molecule has 1 fully saturated rings. The zero-order chi connectivity index (χ0) is 13.0. The number of aromatic nitrogens is 1. The fourth-order valence-electron chi connectivity index (χ4n) is 2.56. The molecule has 1 atom stereocenters. The molecule has 2 heterocycles. The zero-order valence-corrected chi connectivity index (χ0v) is 14.4. The van der Waals surface area contributed by atoms with Gasteiger partial charge in [0.1, 0.15) is 0 Å².